The molecule has 35 heavy (non-hydrogen) atoms. The highest BCUT2D eigenvalue weighted by atomic mass is 19.4. The molecule has 4 rings (SSSR count). The minimum Gasteiger partial charge on any atom is -0.352 e. The summed E-state index contributed by atoms with van der Waals surface area (Å²) in [4.78, 5) is 14.9. The molecule has 0 aromatic heterocycles. The van der Waals surface area contributed by atoms with Gasteiger partial charge in [0.15, 0.2) is 0 Å². The molecule has 0 spiro atoms. The van der Waals surface area contributed by atoms with Gasteiger partial charge in [-0.05, 0) is 42.2 Å². The molecule has 184 valence electrons. The van der Waals surface area contributed by atoms with Crippen LogP contribution in [0.25, 0.3) is 0 Å². The molecule has 3 aromatic carbocycles. The molecule has 0 saturated carbocycles. The highest BCUT2D eigenvalue weighted by Crippen LogP contribution is 2.35. The number of alkyl halides is 3. The minimum atomic E-state index is -4.45. The molecule has 1 aliphatic heterocycles. The second-order valence-electron chi connectivity index (χ2n) is 8.78. The van der Waals surface area contributed by atoms with Gasteiger partial charge < -0.3 is 5.32 Å². The van der Waals surface area contributed by atoms with Gasteiger partial charge in [0.05, 0.1) is 11.5 Å². The molecule has 1 N–H and O–H groups in total. The van der Waals surface area contributed by atoms with E-state index >= 15 is 0 Å². The van der Waals surface area contributed by atoms with Crippen LogP contribution in [-0.4, -0.2) is 17.4 Å². The molecule has 0 aliphatic carbocycles. The fourth-order valence-corrected chi connectivity index (χ4v) is 4.54. The predicted molar refractivity (Wildman–Crippen MR) is 122 cm³/mol. The Morgan fingerprint density at radius 1 is 0.943 bits per heavy atom. The Labute approximate surface area is 200 Å². The minimum absolute atomic E-state index is 0.0199. The van der Waals surface area contributed by atoms with Gasteiger partial charge in [0.1, 0.15) is 11.6 Å². The van der Waals surface area contributed by atoms with Crippen molar-refractivity contribution in [3.63, 3.8) is 0 Å². The Balaban J connectivity index is 1.47. The summed E-state index contributed by atoms with van der Waals surface area (Å²) in [5, 5.41) is 2.75. The third-order valence-corrected chi connectivity index (χ3v) is 6.35. The molecular weight excluding hydrogens is 463 g/mol. The molecule has 3 nitrogen and oxygen atoms in total. The standard InChI is InChI=1S/C27H25F5N2O/c28-23-11-9-20(24(29)14-23)16-34-17-21(10-12-25(34)19-6-2-1-3-7-19)26(35)33-15-18-5-4-8-22(13-18)27(30,31)32/h1-9,11,13-14,21,25H,10,12,15-17H2,(H,33,35). The molecule has 2 atom stereocenters. The highest BCUT2D eigenvalue weighted by Gasteiger charge is 2.33. The molecule has 1 fully saturated rings. The molecular formula is C27H25F5N2O. The van der Waals surface area contributed by atoms with Crippen LogP contribution in [0.15, 0.2) is 72.8 Å². The van der Waals surface area contributed by atoms with E-state index in [0.717, 1.165) is 23.8 Å². The number of carbonyl (C=O) groups excluding carboxylic acids is 1. The Bertz CT molecular complexity index is 1170. The zero-order chi connectivity index (χ0) is 25.0. The number of benzene rings is 3. The van der Waals surface area contributed by atoms with Gasteiger partial charge in [0, 0.05) is 37.3 Å². The van der Waals surface area contributed by atoms with Gasteiger partial charge >= 0.3 is 6.18 Å². The molecule has 2 unspecified atom stereocenters. The summed E-state index contributed by atoms with van der Waals surface area (Å²) >= 11 is 0. The van der Waals surface area contributed by atoms with Gasteiger partial charge in [-0.15, -0.1) is 0 Å². The van der Waals surface area contributed by atoms with Crippen LogP contribution in [0, 0.1) is 17.6 Å². The van der Waals surface area contributed by atoms with E-state index in [0.29, 0.717) is 30.5 Å². The van der Waals surface area contributed by atoms with E-state index < -0.39 is 29.3 Å². The highest BCUT2D eigenvalue weighted by molar-refractivity contribution is 5.79. The van der Waals surface area contributed by atoms with E-state index in [4.69, 9.17) is 0 Å². The van der Waals surface area contributed by atoms with Crippen molar-refractivity contribution in [3.8, 4) is 0 Å². The Morgan fingerprint density at radius 3 is 2.43 bits per heavy atom. The van der Waals surface area contributed by atoms with Crippen LogP contribution in [0.1, 0.15) is 41.1 Å². The number of rotatable bonds is 6. The largest absolute Gasteiger partial charge is 0.416 e. The maximum atomic E-state index is 14.4. The first-order valence-electron chi connectivity index (χ1n) is 11.4. The lowest BCUT2D eigenvalue weighted by molar-refractivity contribution is -0.137. The third-order valence-electron chi connectivity index (χ3n) is 6.35. The van der Waals surface area contributed by atoms with E-state index in [-0.39, 0.29) is 25.0 Å². The topological polar surface area (TPSA) is 32.3 Å². The van der Waals surface area contributed by atoms with Crippen LogP contribution < -0.4 is 5.32 Å². The molecule has 1 amide bonds. The van der Waals surface area contributed by atoms with Crippen molar-refractivity contribution in [1.82, 2.24) is 10.2 Å². The van der Waals surface area contributed by atoms with Crippen LogP contribution in [0.2, 0.25) is 0 Å². The number of carbonyl (C=O) groups is 1. The second-order valence-corrected chi connectivity index (χ2v) is 8.78. The maximum absolute atomic E-state index is 14.4. The summed E-state index contributed by atoms with van der Waals surface area (Å²) in [6, 6.07) is 18.0. The number of hydrogen-bond acceptors (Lipinski definition) is 2. The van der Waals surface area contributed by atoms with Gasteiger partial charge in [-0.25, -0.2) is 8.78 Å². The van der Waals surface area contributed by atoms with Crippen LogP contribution in [0.3, 0.4) is 0 Å². The lowest BCUT2D eigenvalue weighted by atomic mass is 9.88. The third kappa shape index (κ3) is 6.25. The predicted octanol–water partition coefficient (Wildman–Crippen LogP) is 6.25. The second kappa shape index (κ2) is 10.6. The summed E-state index contributed by atoms with van der Waals surface area (Å²) in [5.74, 6) is -1.98. The zero-order valence-electron chi connectivity index (χ0n) is 18.9. The summed E-state index contributed by atoms with van der Waals surface area (Å²) in [6.07, 6.45) is -3.23. The molecule has 0 radical (unpaired) electrons. The van der Waals surface area contributed by atoms with Crippen LogP contribution >= 0.6 is 0 Å². The quantitative estimate of drug-likeness (QED) is 0.416. The van der Waals surface area contributed by atoms with Crippen molar-refractivity contribution in [3.05, 3.63) is 107 Å². The van der Waals surface area contributed by atoms with Gasteiger partial charge in [0.2, 0.25) is 5.91 Å². The lowest BCUT2D eigenvalue weighted by Crippen LogP contribution is -2.44. The van der Waals surface area contributed by atoms with Crippen molar-refractivity contribution < 1.29 is 26.7 Å². The Hall–Kier alpha value is -3.26. The van der Waals surface area contributed by atoms with Crippen molar-refractivity contribution in [2.45, 2.75) is 38.1 Å². The first kappa shape index (κ1) is 24.9. The molecule has 3 aromatic rings. The van der Waals surface area contributed by atoms with E-state index in [1.165, 1.54) is 24.3 Å². The molecule has 1 saturated heterocycles. The molecule has 0 bridgehead atoms. The summed E-state index contributed by atoms with van der Waals surface area (Å²) in [5.41, 5.74) is 0.965. The van der Waals surface area contributed by atoms with Crippen LogP contribution in [0.5, 0.6) is 0 Å². The van der Waals surface area contributed by atoms with Crippen molar-refractivity contribution >= 4 is 5.91 Å². The average Bonchev–Trinajstić information content (AvgIpc) is 2.84. The number of nitrogens with one attached hydrogen (secondary N) is 1. The number of halogens is 5. The van der Waals surface area contributed by atoms with Gasteiger partial charge in [-0.3, -0.25) is 9.69 Å². The van der Waals surface area contributed by atoms with Crippen LogP contribution in [0.4, 0.5) is 22.0 Å². The van der Waals surface area contributed by atoms with Gasteiger partial charge in [-0.2, -0.15) is 13.2 Å². The number of likely N-dealkylation sites (tertiary alicyclic amines) is 1. The average molecular weight is 489 g/mol. The van der Waals surface area contributed by atoms with Crippen molar-refractivity contribution in [1.29, 1.82) is 0 Å². The smallest absolute Gasteiger partial charge is 0.352 e. The number of piperidine rings is 1. The monoisotopic (exact) mass is 488 g/mol. The van der Waals surface area contributed by atoms with Gasteiger partial charge in [0.25, 0.3) is 0 Å². The molecule has 1 aliphatic rings. The Morgan fingerprint density at radius 2 is 1.71 bits per heavy atom. The normalized spacial score (nSPS) is 18.9. The fourth-order valence-electron chi connectivity index (χ4n) is 4.54. The number of hydrogen-bond donors (Lipinski definition) is 1. The number of amides is 1. The van der Waals surface area contributed by atoms with Crippen molar-refractivity contribution in [2.24, 2.45) is 5.92 Å². The lowest BCUT2D eigenvalue weighted by Gasteiger charge is -2.39. The molecule has 8 heteroatoms. The van der Waals surface area contributed by atoms with Crippen molar-refractivity contribution in [2.75, 3.05) is 6.54 Å². The van der Waals surface area contributed by atoms with Gasteiger partial charge in [-0.1, -0.05) is 48.5 Å². The maximum Gasteiger partial charge on any atom is 0.416 e. The fraction of sp³-hybridized carbons (Fsp3) is 0.296. The summed E-state index contributed by atoms with van der Waals surface area (Å²) in [7, 11) is 0. The van der Waals surface area contributed by atoms with E-state index in [2.05, 4.69) is 5.32 Å². The summed E-state index contributed by atoms with van der Waals surface area (Å²) in [6.45, 7) is 0.516. The Kier molecular flexibility index (Phi) is 7.50. The zero-order valence-corrected chi connectivity index (χ0v) is 18.9. The van der Waals surface area contributed by atoms with Crippen LogP contribution in [-0.2, 0) is 24.1 Å². The SMILES string of the molecule is O=C(NCc1cccc(C(F)(F)F)c1)C1CCC(c2ccccc2)N(Cc2ccc(F)cc2F)C1. The van der Waals surface area contributed by atoms with E-state index in [9.17, 15) is 26.7 Å². The first-order valence-corrected chi connectivity index (χ1v) is 11.4. The van der Waals surface area contributed by atoms with E-state index in [1.807, 2.05) is 35.2 Å². The first-order chi connectivity index (χ1) is 16.7. The number of nitrogens with zero attached hydrogens (tertiary/aromatic N) is 1. The molecule has 1 heterocycles. The summed E-state index contributed by atoms with van der Waals surface area (Å²) < 4.78 is 66.7. The van der Waals surface area contributed by atoms with E-state index in [1.54, 1.807) is 0 Å².